The van der Waals surface area contributed by atoms with Crippen LogP contribution in [-0.4, -0.2) is 22.1 Å². The van der Waals surface area contributed by atoms with E-state index in [1.807, 2.05) is 30.0 Å². The molecule has 1 N–H and O–H groups in total. The highest BCUT2D eigenvalue weighted by atomic mass is 16.2. The van der Waals surface area contributed by atoms with Crippen LogP contribution in [0.5, 0.6) is 0 Å². The Balaban J connectivity index is 2.05. The number of nitrogens with one attached hydrogen (secondary N) is 1. The normalized spacial score (nSPS) is 18.2. The van der Waals surface area contributed by atoms with Crippen LogP contribution in [0.25, 0.3) is 0 Å². The molecule has 1 amide bonds. The van der Waals surface area contributed by atoms with Crippen molar-refractivity contribution in [2.45, 2.75) is 32.7 Å². The fourth-order valence-corrected chi connectivity index (χ4v) is 2.69. The first-order chi connectivity index (χ1) is 9.18. The number of amides is 1. The molecule has 1 aromatic heterocycles. The van der Waals surface area contributed by atoms with Crippen LogP contribution in [0.3, 0.4) is 0 Å². The summed E-state index contributed by atoms with van der Waals surface area (Å²) in [6.45, 7) is 3.98. The van der Waals surface area contributed by atoms with Gasteiger partial charge in [0.15, 0.2) is 0 Å². The van der Waals surface area contributed by atoms with E-state index in [0.717, 1.165) is 24.2 Å². The van der Waals surface area contributed by atoms with Gasteiger partial charge in [-0.15, -0.1) is 0 Å². The number of hydrogen-bond acceptors (Lipinski definition) is 2. The Morgan fingerprint density at radius 1 is 1.42 bits per heavy atom. The van der Waals surface area contributed by atoms with Crippen molar-refractivity contribution in [3.63, 3.8) is 0 Å². The third kappa shape index (κ3) is 1.93. The molecule has 3 rings (SSSR count). The minimum absolute atomic E-state index is 0.0332. The summed E-state index contributed by atoms with van der Waals surface area (Å²) in [5, 5.41) is 6.78. The number of aryl methyl sites for hydroxylation is 2. The van der Waals surface area contributed by atoms with Crippen LogP contribution < -0.4 is 4.90 Å². The van der Waals surface area contributed by atoms with Crippen molar-refractivity contribution in [3.05, 3.63) is 47.3 Å². The molecule has 0 bridgehead atoms. The number of fused-ring (bicyclic) bond motifs is 1. The Kier molecular flexibility index (Phi) is 2.85. The molecule has 1 aromatic carbocycles. The Morgan fingerprint density at radius 3 is 2.95 bits per heavy atom. The monoisotopic (exact) mass is 255 g/mol. The third-order valence-electron chi connectivity index (χ3n) is 3.80. The summed E-state index contributed by atoms with van der Waals surface area (Å²) in [7, 11) is 0. The lowest BCUT2D eigenvalue weighted by Crippen LogP contribution is -2.42. The number of H-pyrrole nitrogens is 1. The summed E-state index contributed by atoms with van der Waals surface area (Å²) < 4.78 is 0. The van der Waals surface area contributed by atoms with Gasteiger partial charge in [-0.25, -0.2) is 0 Å². The maximum Gasteiger partial charge on any atom is 0.261 e. The summed E-state index contributed by atoms with van der Waals surface area (Å²) in [4.78, 5) is 14.6. The van der Waals surface area contributed by atoms with Crippen molar-refractivity contribution in [3.8, 4) is 0 Å². The fourth-order valence-electron chi connectivity index (χ4n) is 2.69. The van der Waals surface area contributed by atoms with E-state index >= 15 is 0 Å². The van der Waals surface area contributed by atoms with E-state index in [0.29, 0.717) is 5.56 Å². The zero-order chi connectivity index (χ0) is 13.4. The largest absolute Gasteiger partial charge is 0.305 e. The average Bonchev–Trinajstić information content (AvgIpc) is 2.84. The number of benzene rings is 1. The van der Waals surface area contributed by atoms with E-state index < -0.39 is 0 Å². The highest BCUT2D eigenvalue weighted by molar-refractivity contribution is 6.07. The molecule has 2 aromatic rings. The molecule has 0 spiro atoms. The van der Waals surface area contributed by atoms with Gasteiger partial charge in [-0.2, -0.15) is 5.10 Å². The first-order valence-corrected chi connectivity index (χ1v) is 6.60. The summed E-state index contributed by atoms with van der Waals surface area (Å²) in [5.74, 6) is 0.0332. The van der Waals surface area contributed by atoms with Gasteiger partial charge in [0.25, 0.3) is 5.91 Å². The molecule has 0 aliphatic carbocycles. The number of nitrogens with zero attached hydrogens (tertiary/aromatic N) is 2. The number of para-hydroxylation sites is 1. The lowest BCUT2D eigenvalue weighted by Gasteiger charge is -2.35. The van der Waals surface area contributed by atoms with Crippen LogP contribution in [0.1, 0.15) is 35.0 Å². The number of aromatic amines is 1. The second-order valence-electron chi connectivity index (χ2n) is 5.10. The first kappa shape index (κ1) is 12.0. The SMILES string of the molecule is Cc1[nH]ncc1C(=O)N1c2ccccc2CCC1C. The van der Waals surface area contributed by atoms with Crippen LogP contribution in [0, 0.1) is 6.92 Å². The van der Waals surface area contributed by atoms with E-state index in [-0.39, 0.29) is 11.9 Å². The molecule has 1 aliphatic heterocycles. The number of hydrogen-bond donors (Lipinski definition) is 1. The Bertz CT molecular complexity index is 617. The summed E-state index contributed by atoms with van der Waals surface area (Å²) in [6, 6.07) is 8.36. The first-order valence-electron chi connectivity index (χ1n) is 6.60. The van der Waals surface area contributed by atoms with Gasteiger partial charge in [-0.1, -0.05) is 18.2 Å². The van der Waals surface area contributed by atoms with Crippen LogP contribution in [-0.2, 0) is 6.42 Å². The predicted molar refractivity (Wildman–Crippen MR) is 74.4 cm³/mol. The van der Waals surface area contributed by atoms with Gasteiger partial charge in [-0.05, 0) is 38.3 Å². The third-order valence-corrected chi connectivity index (χ3v) is 3.80. The molecule has 0 radical (unpaired) electrons. The van der Waals surface area contributed by atoms with Gasteiger partial charge >= 0.3 is 0 Å². The Labute approximate surface area is 112 Å². The second-order valence-corrected chi connectivity index (χ2v) is 5.10. The molecule has 0 fully saturated rings. The van der Waals surface area contributed by atoms with Gasteiger partial charge in [0.05, 0.1) is 11.8 Å². The molecule has 1 atom stereocenters. The van der Waals surface area contributed by atoms with E-state index in [4.69, 9.17) is 0 Å². The summed E-state index contributed by atoms with van der Waals surface area (Å²) >= 11 is 0. The lowest BCUT2D eigenvalue weighted by atomic mass is 9.96. The van der Waals surface area contributed by atoms with Crippen LogP contribution >= 0.6 is 0 Å². The molecule has 4 heteroatoms. The summed E-state index contributed by atoms with van der Waals surface area (Å²) in [6.07, 6.45) is 3.65. The van der Waals surface area contributed by atoms with Crippen molar-refractivity contribution < 1.29 is 4.79 Å². The quantitative estimate of drug-likeness (QED) is 0.851. The molecule has 1 aliphatic rings. The standard InChI is InChI=1S/C15H17N3O/c1-10-7-8-12-5-3-4-6-14(12)18(10)15(19)13-9-16-17-11(13)2/h3-6,9-10H,7-8H2,1-2H3,(H,16,17). The van der Waals surface area contributed by atoms with Gasteiger partial charge in [-0.3, -0.25) is 9.89 Å². The van der Waals surface area contributed by atoms with Crippen molar-refractivity contribution in [1.82, 2.24) is 10.2 Å². The summed E-state index contributed by atoms with van der Waals surface area (Å²) in [5.41, 5.74) is 3.76. The lowest BCUT2D eigenvalue weighted by molar-refractivity contribution is 0.0974. The number of rotatable bonds is 1. The van der Waals surface area contributed by atoms with Crippen LogP contribution in [0.4, 0.5) is 5.69 Å². The molecule has 98 valence electrons. The van der Waals surface area contributed by atoms with Gasteiger partial charge < -0.3 is 4.90 Å². The van der Waals surface area contributed by atoms with Gasteiger partial charge in [0.2, 0.25) is 0 Å². The van der Waals surface area contributed by atoms with E-state index in [1.165, 1.54) is 5.56 Å². The number of carbonyl (C=O) groups is 1. The van der Waals surface area contributed by atoms with Gasteiger partial charge in [0, 0.05) is 17.4 Å². The predicted octanol–water partition coefficient (Wildman–Crippen LogP) is 2.70. The molecule has 0 saturated heterocycles. The molecule has 19 heavy (non-hydrogen) atoms. The minimum Gasteiger partial charge on any atom is -0.305 e. The maximum absolute atomic E-state index is 12.7. The zero-order valence-corrected chi connectivity index (χ0v) is 11.2. The van der Waals surface area contributed by atoms with Crippen molar-refractivity contribution in [1.29, 1.82) is 0 Å². The Hall–Kier alpha value is -2.10. The number of aromatic nitrogens is 2. The van der Waals surface area contributed by atoms with Crippen molar-refractivity contribution in [2.24, 2.45) is 0 Å². The zero-order valence-electron chi connectivity index (χ0n) is 11.2. The minimum atomic E-state index is 0.0332. The van der Waals surface area contributed by atoms with Crippen molar-refractivity contribution in [2.75, 3.05) is 4.90 Å². The molecular weight excluding hydrogens is 238 g/mol. The topological polar surface area (TPSA) is 49.0 Å². The molecular formula is C15H17N3O. The molecule has 1 unspecified atom stereocenters. The van der Waals surface area contributed by atoms with Crippen LogP contribution in [0.2, 0.25) is 0 Å². The second kappa shape index (κ2) is 4.53. The van der Waals surface area contributed by atoms with E-state index in [1.54, 1.807) is 6.20 Å². The number of anilines is 1. The highest BCUT2D eigenvalue weighted by Crippen LogP contribution is 2.31. The van der Waals surface area contributed by atoms with E-state index in [2.05, 4.69) is 23.2 Å². The number of carbonyl (C=O) groups excluding carboxylic acids is 1. The fraction of sp³-hybridized carbons (Fsp3) is 0.333. The molecule has 2 heterocycles. The maximum atomic E-state index is 12.7. The Morgan fingerprint density at radius 2 is 2.21 bits per heavy atom. The smallest absolute Gasteiger partial charge is 0.261 e. The molecule has 4 nitrogen and oxygen atoms in total. The highest BCUT2D eigenvalue weighted by Gasteiger charge is 2.29. The van der Waals surface area contributed by atoms with Crippen LogP contribution in [0.15, 0.2) is 30.5 Å². The van der Waals surface area contributed by atoms with E-state index in [9.17, 15) is 4.79 Å². The van der Waals surface area contributed by atoms with Crippen molar-refractivity contribution >= 4 is 11.6 Å². The average molecular weight is 255 g/mol. The van der Waals surface area contributed by atoms with Gasteiger partial charge in [0.1, 0.15) is 0 Å². The molecule has 0 saturated carbocycles.